The van der Waals surface area contributed by atoms with E-state index in [1.165, 1.54) is 31.3 Å². The first-order chi connectivity index (χ1) is 67.8. The summed E-state index contributed by atoms with van der Waals surface area (Å²) >= 11 is 13.9. The zero-order valence-electron chi connectivity index (χ0n) is 77.8. The number of carbonyl (C=O) groups excluding carboxylic acids is 6. The molecule has 149 heavy (non-hydrogen) atoms. The molecular formula is C118H147BBr2N10O14S4. The van der Waals surface area contributed by atoms with Crippen LogP contribution in [0.25, 0.3) is 64.0 Å². The second kappa shape index (κ2) is 59.8. The maximum Gasteiger partial charge on any atom is 0.488 e. The summed E-state index contributed by atoms with van der Waals surface area (Å²) in [7, 11) is -1.39. The van der Waals surface area contributed by atoms with Gasteiger partial charge in [-0.1, -0.05) is 279 Å². The molecule has 6 aromatic heterocycles. The summed E-state index contributed by atoms with van der Waals surface area (Å²) in [6.45, 7) is 10.6. The van der Waals surface area contributed by atoms with Crippen LogP contribution in [-0.2, 0) is 80.4 Å². The number of aromatic nitrogens is 2. The van der Waals surface area contributed by atoms with Crippen molar-refractivity contribution in [3.63, 3.8) is 0 Å². The van der Waals surface area contributed by atoms with Crippen LogP contribution in [0.5, 0.6) is 0 Å². The molecule has 19 rings (SSSR count). The van der Waals surface area contributed by atoms with Crippen molar-refractivity contribution in [1.82, 2.24) is 40.6 Å². The third-order valence-corrected chi connectivity index (χ3v) is 30.4. The largest absolute Gasteiger partial charge is 0.488 e. The summed E-state index contributed by atoms with van der Waals surface area (Å²) in [6.07, 6.45) is 4.61. The van der Waals surface area contributed by atoms with Crippen molar-refractivity contribution in [1.29, 1.82) is 0 Å². The Kier molecular flexibility index (Phi) is 50.5. The zero-order valence-corrected chi connectivity index (χ0v) is 84.2. The summed E-state index contributed by atoms with van der Waals surface area (Å²) in [5.74, 6) is -4.59. The fourth-order valence-corrected chi connectivity index (χ4v) is 22.7. The Morgan fingerprint density at radius 3 is 1.00 bits per heavy atom. The standard InChI is InChI=1S/C33H33N3O4S.C30H29N3O4S.C28H29BrN2O4S.C11H10BrNS.C7H10BNO2.9CH4/c1-33(2)39-28(29(40-33)32(38)36-19-6-9-27(36)24-7-4-3-5-8-24)31(37)35-21-22-10-12-25(13-11-22)30-26(16-20-41-30)23-14-17-34-18-15-23;34-26(27(35)30(37)33-17-4-7-25(33)22-5-2-1-3-6-22)29(36)32-19-20-8-10-23(11-9-20)28-24(14-18-38-28)21-12-15-31-16-13-21;1-28(2)34-23(24(35-28)27(33)31-15-6-9-22(31)19-7-4-3-5-8-19)26(32)30-17-18-10-12-20(13-11-18)25-21(29)14-16-36-25;12-10-5-6-14-11(10)9-3-1-8(7-13)2-4-9;9-5-6-1-3-7(4-2-6)8(10)11;;;;;;;;;/h3-5,7-8,10-18,20,27-29H,6,9,19,21H2,1-2H3,(H,35,37);1-3,5-6,8-16,18,25-27,34-35H,4,7,17,19H2,(H,32,36);3-5,7-8,10-14,16,22-24H,6,9,15,17H2,1-2H3,(H,30,32);1-6H,7,13H2;1-4,10-11H,5,9H2;9*1H4/t27?,28-,29-;25?,26-,27-;22?,23-,24-;;;;;;;;;;;/m111.........../s1. The van der Waals surface area contributed by atoms with Gasteiger partial charge in [-0.3, -0.25) is 38.7 Å². The van der Waals surface area contributed by atoms with E-state index in [0.717, 1.165) is 125 Å². The van der Waals surface area contributed by atoms with Crippen LogP contribution in [0.15, 0.2) is 316 Å². The molecule has 11 N–H and O–H groups in total. The predicted octanol–water partition coefficient (Wildman–Crippen LogP) is 24.0. The normalized spacial score (nSPS) is 17.5. The molecule has 11 heterocycles. The average Bonchev–Trinajstić information content (AvgIpc) is 1.63. The Bertz CT molecular complexity index is 6420. The van der Waals surface area contributed by atoms with Crippen molar-refractivity contribution in [3.05, 3.63) is 361 Å². The van der Waals surface area contributed by atoms with Gasteiger partial charge in [0.25, 0.3) is 35.4 Å². The smallest absolute Gasteiger partial charge is 0.423 e. The molecule has 5 aliphatic heterocycles. The number of halogens is 2. The summed E-state index contributed by atoms with van der Waals surface area (Å²) in [5, 5.41) is 55.2. The van der Waals surface area contributed by atoms with E-state index in [0.29, 0.717) is 51.3 Å². The molecule has 0 radical (unpaired) electrons. The number of ether oxygens (including phenoxy) is 4. The molecule has 14 aromatic rings. The van der Waals surface area contributed by atoms with Gasteiger partial charge in [0.1, 0.15) is 0 Å². The van der Waals surface area contributed by atoms with Crippen molar-refractivity contribution in [2.75, 3.05) is 19.6 Å². The number of thiophene rings is 4. The van der Waals surface area contributed by atoms with Crippen LogP contribution in [-0.4, -0.2) is 155 Å². The van der Waals surface area contributed by atoms with Gasteiger partial charge in [0.05, 0.1) is 18.1 Å². The van der Waals surface area contributed by atoms with Gasteiger partial charge in [0, 0.05) is 117 Å². The van der Waals surface area contributed by atoms with E-state index in [2.05, 4.69) is 129 Å². The average molecular weight is 2230 g/mol. The second-order valence-electron chi connectivity index (χ2n) is 35.1. The van der Waals surface area contributed by atoms with Crippen LogP contribution < -0.4 is 32.9 Å². The number of benzene rings is 8. The number of amides is 6. The Labute approximate surface area is 914 Å². The molecule has 0 spiro atoms. The van der Waals surface area contributed by atoms with Crippen molar-refractivity contribution in [2.24, 2.45) is 11.5 Å². The molecule has 8 aromatic carbocycles. The van der Waals surface area contributed by atoms with E-state index in [1.807, 2.05) is 197 Å². The molecule has 5 aliphatic rings. The number of carbonyl (C=O) groups is 6. The van der Waals surface area contributed by atoms with Gasteiger partial charge in [-0.25, -0.2) is 0 Å². The number of hydrogen-bond acceptors (Lipinski definition) is 22. The van der Waals surface area contributed by atoms with E-state index in [1.54, 1.807) is 127 Å². The highest BCUT2D eigenvalue weighted by Gasteiger charge is 2.53. The van der Waals surface area contributed by atoms with Crippen LogP contribution in [0, 0.1) is 0 Å². The number of aliphatic hydroxyl groups is 2. The molecule has 0 saturated carbocycles. The summed E-state index contributed by atoms with van der Waals surface area (Å²) in [4.78, 5) is 97.7. The van der Waals surface area contributed by atoms with Crippen molar-refractivity contribution in [3.8, 4) is 64.0 Å². The molecule has 0 aliphatic carbocycles. The van der Waals surface area contributed by atoms with Gasteiger partial charge >= 0.3 is 7.12 Å². The number of nitrogens with one attached hydrogen (secondary N) is 3. The van der Waals surface area contributed by atoms with E-state index in [9.17, 15) is 39.0 Å². The van der Waals surface area contributed by atoms with E-state index < -0.39 is 67.1 Å². The number of rotatable bonds is 25. The maximum absolute atomic E-state index is 13.7. The summed E-state index contributed by atoms with van der Waals surface area (Å²) < 4.78 is 26.1. The van der Waals surface area contributed by atoms with Crippen LogP contribution >= 0.6 is 77.2 Å². The van der Waals surface area contributed by atoms with Crippen LogP contribution in [0.3, 0.4) is 0 Å². The number of nitrogens with two attached hydrogens (primary N) is 2. The summed E-state index contributed by atoms with van der Waals surface area (Å²) in [6, 6.07) is 84.9. The highest BCUT2D eigenvalue weighted by atomic mass is 79.9. The SMILES string of the molecule is C.C.C.C.C.C.C.C.C.CC1(C)O[C@@H](C(=O)NCc2ccc(-c3sccc3-c3ccncc3)cc2)[C@H](C(=O)N2CCCC2c2ccccc2)O1.CC1(C)O[C@@H](C(=O)NCc2ccc(-c3sccc3Br)cc2)[C@H](C(=O)N2CCCC2c2ccccc2)O1.NCc1ccc(-c2sccc2Br)cc1.NCc1ccc(B(O)O)cc1.O=C(NCc1ccc(-c2sccc2-c2ccncc2)cc1)[C@H](O)[C@@H](O)C(=O)N1CCCC1c1ccccc1. The number of aliphatic hydroxyl groups excluding tert-OH is 2. The molecule has 9 atom stereocenters. The summed E-state index contributed by atoms with van der Waals surface area (Å²) in [5.41, 5.74) is 28.5. The van der Waals surface area contributed by atoms with Crippen LogP contribution in [0.2, 0.25) is 0 Å². The van der Waals surface area contributed by atoms with Gasteiger partial charge in [-0.2, -0.15) is 0 Å². The third-order valence-electron chi connectivity index (χ3n) is 24.7. The van der Waals surface area contributed by atoms with Crippen LogP contribution in [0.1, 0.15) is 196 Å². The Morgan fingerprint density at radius 1 is 0.376 bits per heavy atom. The molecular weight excluding hydrogens is 2080 g/mol. The molecule has 6 amide bonds. The molecule has 0 bridgehead atoms. The molecule has 24 nitrogen and oxygen atoms in total. The molecule has 31 heteroatoms. The Balaban J connectivity index is 0.000000297. The maximum atomic E-state index is 13.7. The quantitative estimate of drug-likeness (QED) is 0.0240. The second-order valence-corrected chi connectivity index (χ2v) is 40.5. The minimum atomic E-state index is -1.85. The van der Waals surface area contributed by atoms with Crippen molar-refractivity contribution >= 4 is 125 Å². The molecule has 5 saturated heterocycles. The van der Waals surface area contributed by atoms with Gasteiger partial charge < -0.3 is 81.3 Å². The van der Waals surface area contributed by atoms with Gasteiger partial charge in [0.15, 0.2) is 48.2 Å². The van der Waals surface area contributed by atoms with Crippen molar-refractivity contribution in [2.45, 2.75) is 232 Å². The minimum Gasteiger partial charge on any atom is -0.423 e. The fraction of sp³-hybridized carbons (Fsp3) is 0.322. The van der Waals surface area contributed by atoms with E-state index in [-0.39, 0.29) is 115 Å². The van der Waals surface area contributed by atoms with Crippen molar-refractivity contribution < 1.29 is 68.0 Å². The predicted molar refractivity (Wildman–Crippen MR) is 619 cm³/mol. The number of pyridine rings is 2. The van der Waals surface area contributed by atoms with E-state index in [4.69, 9.17) is 40.5 Å². The minimum absolute atomic E-state index is 0. The fourth-order valence-electron chi connectivity index (χ4n) is 17.6. The third kappa shape index (κ3) is 32.4. The number of likely N-dealkylation sites (tertiary alicyclic amines) is 3. The van der Waals surface area contributed by atoms with E-state index >= 15 is 0 Å². The Morgan fingerprint density at radius 2 is 0.671 bits per heavy atom. The molecule has 794 valence electrons. The lowest BCUT2D eigenvalue weighted by atomic mass is 9.80. The highest BCUT2D eigenvalue weighted by Crippen LogP contribution is 2.44. The molecule has 3 unspecified atom stereocenters. The molecule has 5 fully saturated rings. The Hall–Kier alpha value is -11.7. The van der Waals surface area contributed by atoms with Gasteiger partial charge in [-0.05, 0) is 251 Å². The van der Waals surface area contributed by atoms with Crippen LogP contribution in [0.4, 0.5) is 0 Å². The lowest BCUT2D eigenvalue weighted by Gasteiger charge is -2.28. The van der Waals surface area contributed by atoms with Gasteiger partial charge in [0.2, 0.25) is 0 Å². The lowest BCUT2D eigenvalue weighted by molar-refractivity contribution is -0.163. The first-order valence-corrected chi connectivity index (χ1v) is 51.5. The topological polar surface area (TPSA) is 344 Å². The monoisotopic (exact) mass is 2220 g/mol. The zero-order chi connectivity index (χ0) is 98.4. The number of hydrogen-bond donors (Lipinski definition) is 9. The highest BCUT2D eigenvalue weighted by molar-refractivity contribution is 9.11. The van der Waals surface area contributed by atoms with Gasteiger partial charge in [-0.15, -0.1) is 45.3 Å². The first kappa shape index (κ1) is 126. The first-order valence-electron chi connectivity index (χ1n) is 46.4. The lowest BCUT2D eigenvalue weighted by Crippen LogP contribution is -2.50. The number of nitrogens with zero attached hydrogens (tertiary/aromatic N) is 5.